The number of likely N-dealkylation sites (tertiary alicyclic amines) is 1. The first-order valence-corrected chi connectivity index (χ1v) is 14.6. The van der Waals surface area contributed by atoms with Gasteiger partial charge in [-0.25, -0.2) is 9.97 Å². The van der Waals surface area contributed by atoms with Gasteiger partial charge in [0.1, 0.15) is 18.2 Å². The summed E-state index contributed by atoms with van der Waals surface area (Å²) in [5.74, 6) is 2.36. The molecule has 1 aromatic carbocycles. The number of carbonyl (C=O) groups excluding carboxylic acids is 2. The van der Waals surface area contributed by atoms with Gasteiger partial charge in [0, 0.05) is 57.4 Å². The molecule has 1 saturated heterocycles. The van der Waals surface area contributed by atoms with Gasteiger partial charge in [0.15, 0.2) is 12.2 Å². The van der Waals surface area contributed by atoms with Crippen LogP contribution in [-0.4, -0.2) is 81.6 Å². The Morgan fingerprint density at radius 3 is 2.83 bits per heavy atom. The third kappa shape index (κ3) is 7.46. The molecule has 11 heteroatoms. The Bertz CT molecular complexity index is 1370. The Labute approximate surface area is 246 Å². The number of carbonyl (C=O) groups is 2. The molecule has 1 fully saturated rings. The molecule has 2 aromatic heterocycles. The maximum atomic E-state index is 12.8. The Kier molecular flexibility index (Phi) is 9.38. The minimum atomic E-state index is -0.704. The molecular weight excluding hydrogens is 536 g/mol. The van der Waals surface area contributed by atoms with E-state index in [1.807, 2.05) is 24.8 Å². The zero-order chi connectivity index (χ0) is 29.6. The maximum absolute atomic E-state index is 12.8. The maximum Gasteiger partial charge on any atom is 0.251 e. The molecule has 0 aliphatic carbocycles. The van der Waals surface area contributed by atoms with Crippen LogP contribution in [0.25, 0.3) is 0 Å². The molecule has 42 heavy (non-hydrogen) atoms. The molecule has 2 aliphatic heterocycles. The molecule has 0 radical (unpaired) electrons. The minimum Gasteiger partial charge on any atom is -0.485 e. The van der Waals surface area contributed by atoms with Crippen LogP contribution in [0.1, 0.15) is 53.1 Å². The summed E-state index contributed by atoms with van der Waals surface area (Å²) in [4.78, 5) is 37.2. The van der Waals surface area contributed by atoms with Crippen molar-refractivity contribution in [3.05, 3.63) is 71.1 Å². The van der Waals surface area contributed by atoms with E-state index in [0.29, 0.717) is 55.7 Å². The third-order valence-electron chi connectivity index (χ3n) is 7.73. The first-order chi connectivity index (χ1) is 20.2. The molecule has 11 nitrogen and oxygen atoms in total. The second kappa shape index (κ2) is 13.3. The second-order valence-corrected chi connectivity index (χ2v) is 11.6. The van der Waals surface area contributed by atoms with Gasteiger partial charge in [0.05, 0.1) is 18.3 Å². The number of hydrogen-bond donors (Lipinski definition) is 3. The van der Waals surface area contributed by atoms with Crippen LogP contribution >= 0.6 is 0 Å². The molecule has 224 valence electrons. The number of benzene rings is 1. The number of hydrogen-bond acceptors (Lipinski definition) is 9. The van der Waals surface area contributed by atoms with Gasteiger partial charge < -0.3 is 29.8 Å². The Morgan fingerprint density at radius 1 is 1.24 bits per heavy atom. The summed E-state index contributed by atoms with van der Waals surface area (Å²) in [7, 11) is 0. The van der Waals surface area contributed by atoms with Crippen LogP contribution in [0.15, 0.2) is 47.5 Å². The number of fused-ring (bicyclic) bond motifs is 1. The third-order valence-corrected chi connectivity index (χ3v) is 7.73. The van der Waals surface area contributed by atoms with E-state index >= 15 is 0 Å². The highest BCUT2D eigenvalue weighted by Crippen LogP contribution is 2.30. The minimum absolute atomic E-state index is 0.116. The van der Waals surface area contributed by atoms with E-state index in [2.05, 4.69) is 38.5 Å². The molecule has 2 amide bonds. The number of aliphatic hydroxyl groups excluding tert-OH is 1. The van der Waals surface area contributed by atoms with Crippen molar-refractivity contribution in [3.63, 3.8) is 0 Å². The van der Waals surface area contributed by atoms with Crippen molar-refractivity contribution in [2.75, 3.05) is 38.0 Å². The Balaban J connectivity index is 1.05. The van der Waals surface area contributed by atoms with Crippen LogP contribution in [0.2, 0.25) is 0 Å². The quantitative estimate of drug-likeness (QED) is 0.298. The highest BCUT2D eigenvalue weighted by atomic mass is 16.5. The molecule has 0 saturated carbocycles. The normalized spacial score (nSPS) is 16.1. The summed E-state index contributed by atoms with van der Waals surface area (Å²) in [5.41, 5.74) is 4.09. The number of anilines is 1. The largest absolute Gasteiger partial charge is 0.485 e. The molecule has 0 unspecified atom stereocenters. The fraction of sp³-hybridized carbons (Fsp3) is 0.484. The summed E-state index contributed by atoms with van der Waals surface area (Å²) < 4.78 is 11.2. The van der Waals surface area contributed by atoms with E-state index in [0.717, 1.165) is 30.8 Å². The van der Waals surface area contributed by atoms with Crippen LogP contribution in [0.4, 0.5) is 5.82 Å². The molecule has 3 N–H and O–H groups in total. The zero-order valence-corrected chi connectivity index (χ0v) is 24.5. The number of nitrogens with one attached hydrogen (secondary N) is 2. The van der Waals surface area contributed by atoms with E-state index in [1.54, 1.807) is 24.5 Å². The number of nitrogens with zero attached hydrogens (tertiary/aromatic N) is 4. The highest BCUT2D eigenvalue weighted by Gasteiger charge is 2.31. The number of amides is 2. The van der Waals surface area contributed by atoms with E-state index in [1.165, 1.54) is 17.5 Å². The van der Waals surface area contributed by atoms with Crippen molar-refractivity contribution >= 4 is 17.6 Å². The van der Waals surface area contributed by atoms with Crippen molar-refractivity contribution in [3.8, 4) is 5.75 Å². The number of aliphatic hydroxyl groups is 1. The lowest BCUT2D eigenvalue weighted by Crippen LogP contribution is -2.57. The standard InChI is InChI=1S/C31H40N6O5/c1-20(2)10-30(39)37-15-24(16-37)35-29-11-22(6-8-33-29)31(40)34-12-25(38)17-36-9-7-27-21(3)28(5-4-23(27)14-36)41-18-26-13-32-19-42-26/h4-6,8,11,13,19-20,24-25,38H,7,9-10,12,14-18H2,1-3H3,(H,33,35)(H,34,40)/t25-/m0/s1. The van der Waals surface area contributed by atoms with Gasteiger partial charge in [0.2, 0.25) is 5.91 Å². The zero-order valence-electron chi connectivity index (χ0n) is 24.5. The molecule has 5 rings (SSSR count). The summed E-state index contributed by atoms with van der Waals surface area (Å²) >= 11 is 0. The van der Waals surface area contributed by atoms with Gasteiger partial charge in [-0.15, -0.1) is 0 Å². The van der Waals surface area contributed by atoms with Crippen LogP contribution in [-0.2, 0) is 24.4 Å². The predicted octanol–water partition coefficient (Wildman–Crippen LogP) is 2.77. The van der Waals surface area contributed by atoms with Gasteiger partial charge in [-0.2, -0.15) is 0 Å². The number of oxazole rings is 1. The first-order valence-electron chi connectivity index (χ1n) is 14.6. The van der Waals surface area contributed by atoms with Crippen molar-refractivity contribution in [1.29, 1.82) is 0 Å². The second-order valence-electron chi connectivity index (χ2n) is 11.6. The fourth-order valence-corrected chi connectivity index (χ4v) is 5.44. The van der Waals surface area contributed by atoms with E-state index in [4.69, 9.17) is 9.15 Å². The summed E-state index contributed by atoms with van der Waals surface area (Å²) in [5, 5.41) is 16.8. The number of pyridine rings is 1. The topological polar surface area (TPSA) is 133 Å². The van der Waals surface area contributed by atoms with Crippen molar-refractivity contribution in [1.82, 2.24) is 25.1 Å². The Hall–Kier alpha value is -3.96. The number of aromatic nitrogens is 2. The average molecular weight is 577 g/mol. The molecule has 0 spiro atoms. The van der Waals surface area contributed by atoms with Crippen LogP contribution in [0, 0.1) is 12.8 Å². The average Bonchev–Trinajstić information content (AvgIpc) is 3.46. The lowest BCUT2D eigenvalue weighted by molar-refractivity contribution is -0.135. The van der Waals surface area contributed by atoms with Crippen LogP contribution in [0.3, 0.4) is 0 Å². The molecule has 0 bridgehead atoms. The van der Waals surface area contributed by atoms with Crippen LogP contribution < -0.4 is 15.4 Å². The van der Waals surface area contributed by atoms with Gasteiger partial charge in [-0.3, -0.25) is 14.5 Å². The van der Waals surface area contributed by atoms with Gasteiger partial charge in [0.25, 0.3) is 5.91 Å². The lowest BCUT2D eigenvalue weighted by Gasteiger charge is -2.40. The van der Waals surface area contributed by atoms with Gasteiger partial charge in [-0.05, 0) is 54.2 Å². The van der Waals surface area contributed by atoms with Crippen molar-refractivity contribution in [2.24, 2.45) is 5.92 Å². The monoisotopic (exact) mass is 576 g/mol. The summed E-state index contributed by atoms with van der Waals surface area (Å²) in [6, 6.07) is 7.53. The Morgan fingerprint density at radius 2 is 2.07 bits per heavy atom. The van der Waals surface area contributed by atoms with Crippen LogP contribution in [0.5, 0.6) is 5.75 Å². The predicted molar refractivity (Wildman–Crippen MR) is 157 cm³/mol. The molecule has 4 heterocycles. The lowest BCUT2D eigenvalue weighted by atomic mass is 9.94. The van der Waals surface area contributed by atoms with E-state index in [-0.39, 0.29) is 24.4 Å². The van der Waals surface area contributed by atoms with Crippen molar-refractivity contribution in [2.45, 2.75) is 58.9 Å². The van der Waals surface area contributed by atoms with Gasteiger partial charge in [-0.1, -0.05) is 19.9 Å². The SMILES string of the molecule is Cc1c(OCc2cnco2)ccc2c1CCN(C[C@@H](O)CNC(=O)c1ccnc(NC3CN(C(=O)CC(C)C)C3)c1)C2. The summed E-state index contributed by atoms with van der Waals surface area (Å²) in [6.45, 7) is 9.90. The highest BCUT2D eigenvalue weighted by molar-refractivity contribution is 5.94. The van der Waals surface area contributed by atoms with Crippen molar-refractivity contribution < 1.29 is 23.8 Å². The van der Waals surface area contributed by atoms with E-state index < -0.39 is 6.10 Å². The molecule has 3 aromatic rings. The fourth-order valence-electron chi connectivity index (χ4n) is 5.44. The van der Waals surface area contributed by atoms with Gasteiger partial charge >= 0.3 is 0 Å². The van der Waals surface area contributed by atoms with E-state index in [9.17, 15) is 14.7 Å². The molecule has 2 aliphatic rings. The number of ether oxygens (including phenoxy) is 1. The smallest absolute Gasteiger partial charge is 0.251 e. The first kappa shape index (κ1) is 29.5. The number of β-amino-alcohol motifs (C(OH)–C–C–N with tert-alkyl or cyclic N) is 1. The molecule has 1 atom stereocenters. The number of rotatable bonds is 12. The molecular formula is C31H40N6O5. The summed E-state index contributed by atoms with van der Waals surface area (Å²) in [6.07, 6.45) is 5.34.